The minimum atomic E-state index is -1.01. The molecule has 0 aliphatic carbocycles. The van der Waals surface area contributed by atoms with Crippen molar-refractivity contribution in [1.29, 1.82) is 0 Å². The molecule has 1 amide bonds. The normalized spacial score (nSPS) is 10.6. The van der Waals surface area contributed by atoms with Crippen LogP contribution in [-0.2, 0) is 9.59 Å². The number of carboxylic acids is 1. The van der Waals surface area contributed by atoms with Crippen molar-refractivity contribution in [2.45, 2.75) is 13.8 Å². The second kappa shape index (κ2) is 8.46. The number of nitrogens with zero attached hydrogens (tertiary/aromatic N) is 1. The Bertz CT molecular complexity index is 544. The quantitative estimate of drug-likeness (QED) is 0.738. The summed E-state index contributed by atoms with van der Waals surface area (Å²) in [6, 6.07) is 5.57. The molecule has 21 heavy (non-hydrogen) atoms. The number of hydrogen-bond donors (Lipinski definition) is 2. The van der Waals surface area contributed by atoms with Gasteiger partial charge >= 0.3 is 5.97 Å². The van der Waals surface area contributed by atoms with Crippen molar-refractivity contribution in [3.05, 3.63) is 34.3 Å². The third kappa shape index (κ3) is 5.59. The van der Waals surface area contributed by atoms with E-state index in [0.717, 1.165) is 21.8 Å². The van der Waals surface area contributed by atoms with Gasteiger partial charge in [-0.05, 0) is 43.7 Å². The van der Waals surface area contributed by atoms with Gasteiger partial charge in [0.05, 0.1) is 6.54 Å². The van der Waals surface area contributed by atoms with E-state index in [1.165, 1.54) is 6.08 Å². The number of amides is 1. The fourth-order valence-corrected chi connectivity index (χ4v) is 2.28. The largest absolute Gasteiger partial charge is 0.478 e. The van der Waals surface area contributed by atoms with E-state index in [0.29, 0.717) is 13.1 Å². The first-order chi connectivity index (χ1) is 9.97. The Balaban J connectivity index is 3.07. The number of carboxylic acid groups (broad SMARTS) is 1. The second-order valence-electron chi connectivity index (χ2n) is 4.34. The Morgan fingerprint density at radius 3 is 2.67 bits per heavy atom. The molecule has 114 valence electrons. The summed E-state index contributed by atoms with van der Waals surface area (Å²) < 4.78 is 0.852. The number of rotatable bonds is 7. The number of aliphatic carboxylic acids is 1. The average Bonchev–Trinajstić information content (AvgIpc) is 2.43. The molecule has 0 fully saturated rings. The lowest BCUT2D eigenvalue weighted by Gasteiger charge is -2.24. The molecule has 1 aromatic carbocycles. The number of benzene rings is 1. The second-order valence-corrected chi connectivity index (χ2v) is 5.26. The van der Waals surface area contributed by atoms with E-state index in [4.69, 9.17) is 5.11 Å². The van der Waals surface area contributed by atoms with Crippen LogP contribution in [0.4, 0.5) is 5.69 Å². The van der Waals surface area contributed by atoms with E-state index in [9.17, 15) is 9.59 Å². The summed E-state index contributed by atoms with van der Waals surface area (Å²) in [5.41, 5.74) is 1.57. The summed E-state index contributed by atoms with van der Waals surface area (Å²) in [6.07, 6.45) is 2.62. The van der Waals surface area contributed by atoms with Crippen LogP contribution in [0.2, 0.25) is 0 Å². The summed E-state index contributed by atoms with van der Waals surface area (Å²) in [7, 11) is 0. The Kier molecular flexibility index (Phi) is 6.94. The molecule has 0 saturated heterocycles. The van der Waals surface area contributed by atoms with Gasteiger partial charge in [-0.2, -0.15) is 0 Å². The third-order valence-corrected chi connectivity index (χ3v) is 3.32. The molecule has 5 nitrogen and oxygen atoms in total. The first kappa shape index (κ1) is 17.2. The molecule has 1 rings (SSSR count). The molecule has 0 aromatic heterocycles. The van der Waals surface area contributed by atoms with Crippen LogP contribution in [0.25, 0.3) is 6.08 Å². The van der Waals surface area contributed by atoms with Crippen LogP contribution in [-0.4, -0.2) is 36.6 Å². The smallest absolute Gasteiger partial charge is 0.328 e. The molecule has 0 unspecified atom stereocenters. The highest BCUT2D eigenvalue weighted by Gasteiger charge is 2.12. The average molecular weight is 355 g/mol. The molecule has 1 aromatic rings. The summed E-state index contributed by atoms with van der Waals surface area (Å²) in [4.78, 5) is 24.4. The SMILES string of the molecule is CCNC(=O)CN(CC)c1ccc(Br)cc1/C=C/C(=O)O. The van der Waals surface area contributed by atoms with Crippen LogP contribution in [0.5, 0.6) is 0 Å². The molecule has 0 spiro atoms. The van der Waals surface area contributed by atoms with Crippen molar-refractivity contribution in [3.63, 3.8) is 0 Å². The minimum Gasteiger partial charge on any atom is -0.478 e. The van der Waals surface area contributed by atoms with Gasteiger partial charge in [0, 0.05) is 29.3 Å². The molecular formula is C15H19BrN2O3. The fraction of sp³-hybridized carbons (Fsp3) is 0.333. The van der Waals surface area contributed by atoms with Crippen molar-refractivity contribution in [2.75, 3.05) is 24.5 Å². The molecule has 0 radical (unpaired) electrons. The minimum absolute atomic E-state index is 0.0598. The Hall–Kier alpha value is -1.82. The summed E-state index contributed by atoms with van der Waals surface area (Å²) in [5, 5.41) is 11.5. The highest BCUT2D eigenvalue weighted by molar-refractivity contribution is 9.10. The first-order valence-corrected chi connectivity index (χ1v) is 7.49. The van der Waals surface area contributed by atoms with Crippen LogP contribution in [0.3, 0.4) is 0 Å². The highest BCUT2D eigenvalue weighted by Crippen LogP contribution is 2.25. The van der Waals surface area contributed by atoms with Gasteiger partial charge in [-0.25, -0.2) is 4.79 Å². The lowest BCUT2D eigenvalue weighted by atomic mass is 10.1. The molecule has 0 saturated carbocycles. The lowest BCUT2D eigenvalue weighted by Crippen LogP contribution is -2.37. The standard InChI is InChI=1S/C15H19BrN2O3/c1-3-17-14(19)10-18(4-2)13-7-6-12(16)9-11(13)5-8-15(20)21/h5-9H,3-4,10H2,1-2H3,(H,17,19)(H,20,21)/b8-5+. The van der Waals surface area contributed by atoms with Gasteiger partial charge in [-0.3, -0.25) is 4.79 Å². The van der Waals surface area contributed by atoms with E-state index in [2.05, 4.69) is 21.2 Å². The summed E-state index contributed by atoms with van der Waals surface area (Å²) >= 11 is 3.37. The lowest BCUT2D eigenvalue weighted by molar-refractivity contribution is -0.131. The van der Waals surface area contributed by atoms with Crippen molar-refractivity contribution >= 4 is 39.6 Å². The van der Waals surface area contributed by atoms with Crippen LogP contribution < -0.4 is 10.2 Å². The molecule has 0 heterocycles. The predicted molar refractivity (Wildman–Crippen MR) is 87.4 cm³/mol. The Morgan fingerprint density at radius 2 is 2.10 bits per heavy atom. The third-order valence-electron chi connectivity index (χ3n) is 2.83. The summed E-state index contributed by atoms with van der Waals surface area (Å²) in [5.74, 6) is -1.07. The number of halogens is 1. The van der Waals surface area contributed by atoms with Crippen molar-refractivity contribution in [2.24, 2.45) is 0 Å². The van der Waals surface area contributed by atoms with Gasteiger partial charge in [0.1, 0.15) is 0 Å². The van der Waals surface area contributed by atoms with Crippen LogP contribution in [0.15, 0.2) is 28.7 Å². The van der Waals surface area contributed by atoms with Crippen LogP contribution >= 0.6 is 15.9 Å². The monoisotopic (exact) mass is 354 g/mol. The molecule has 2 N–H and O–H groups in total. The van der Waals surface area contributed by atoms with E-state index in [1.807, 2.05) is 36.9 Å². The van der Waals surface area contributed by atoms with Crippen molar-refractivity contribution < 1.29 is 14.7 Å². The zero-order valence-corrected chi connectivity index (χ0v) is 13.7. The van der Waals surface area contributed by atoms with Gasteiger partial charge in [0.25, 0.3) is 0 Å². The molecule has 0 atom stereocenters. The molecule has 0 aliphatic rings. The van der Waals surface area contributed by atoms with Gasteiger partial charge in [-0.1, -0.05) is 15.9 Å². The van der Waals surface area contributed by atoms with Crippen molar-refractivity contribution in [3.8, 4) is 0 Å². The number of hydrogen-bond acceptors (Lipinski definition) is 3. The fourth-order valence-electron chi connectivity index (χ4n) is 1.90. The highest BCUT2D eigenvalue weighted by atomic mass is 79.9. The zero-order chi connectivity index (χ0) is 15.8. The van der Waals surface area contributed by atoms with Gasteiger partial charge in [-0.15, -0.1) is 0 Å². The van der Waals surface area contributed by atoms with Gasteiger partial charge in [0.15, 0.2) is 0 Å². The predicted octanol–water partition coefficient (Wildman–Crippen LogP) is 2.51. The van der Waals surface area contributed by atoms with Gasteiger partial charge < -0.3 is 15.3 Å². The number of carbonyl (C=O) groups excluding carboxylic acids is 1. The number of nitrogens with one attached hydrogen (secondary N) is 1. The molecule has 6 heteroatoms. The first-order valence-electron chi connectivity index (χ1n) is 6.70. The van der Waals surface area contributed by atoms with E-state index >= 15 is 0 Å². The van der Waals surface area contributed by atoms with Crippen LogP contribution in [0, 0.1) is 0 Å². The maximum Gasteiger partial charge on any atom is 0.328 e. The molecule has 0 aliphatic heterocycles. The maximum absolute atomic E-state index is 11.8. The van der Waals surface area contributed by atoms with E-state index < -0.39 is 5.97 Å². The molecule has 0 bridgehead atoms. The van der Waals surface area contributed by atoms with E-state index in [1.54, 1.807) is 0 Å². The number of likely N-dealkylation sites (N-methyl/N-ethyl adjacent to an activating group) is 2. The topological polar surface area (TPSA) is 69.6 Å². The summed E-state index contributed by atoms with van der Waals surface area (Å²) in [6.45, 7) is 5.29. The number of anilines is 1. The van der Waals surface area contributed by atoms with E-state index in [-0.39, 0.29) is 12.5 Å². The van der Waals surface area contributed by atoms with Gasteiger partial charge in [0.2, 0.25) is 5.91 Å². The van der Waals surface area contributed by atoms with Crippen LogP contribution in [0.1, 0.15) is 19.4 Å². The Labute approximate surface area is 132 Å². The maximum atomic E-state index is 11.8. The number of carbonyl (C=O) groups is 2. The zero-order valence-electron chi connectivity index (χ0n) is 12.1. The molecular weight excluding hydrogens is 336 g/mol. The Morgan fingerprint density at radius 1 is 1.38 bits per heavy atom. The van der Waals surface area contributed by atoms with Crippen molar-refractivity contribution in [1.82, 2.24) is 5.32 Å².